The Bertz CT molecular complexity index is 643. The third-order valence-corrected chi connectivity index (χ3v) is 4.00. The number of nitrogens with one attached hydrogen (secondary N) is 1. The average molecular weight is 365 g/mol. The summed E-state index contributed by atoms with van der Waals surface area (Å²) in [7, 11) is 1.78. The van der Waals surface area contributed by atoms with Gasteiger partial charge >= 0.3 is 0 Å². The van der Waals surface area contributed by atoms with Crippen molar-refractivity contribution in [3.63, 3.8) is 0 Å². The van der Waals surface area contributed by atoms with Crippen LogP contribution in [0.2, 0.25) is 5.02 Å². The van der Waals surface area contributed by atoms with Crippen LogP contribution in [-0.2, 0) is 20.0 Å². The molecule has 108 valence electrons. The summed E-state index contributed by atoms with van der Waals surface area (Å²) in [6.07, 6.45) is 0.725. The van der Waals surface area contributed by atoms with Gasteiger partial charge in [-0.1, -0.05) is 18.5 Å². The predicted molar refractivity (Wildman–Crippen MR) is 79.0 cm³/mol. The normalized spacial score (nSPS) is 10.9. The van der Waals surface area contributed by atoms with Crippen LogP contribution in [0.1, 0.15) is 18.3 Å². The second-order valence-electron chi connectivity index (χ2n) is 4.28. The van der Waals surface area contributed by atoms with Crippen LogP contribution >= 0.6 is 27.5 Å². The highest BCUT2D eigenvalue weighted by Crippen LogP contribution is 2.26. The Hall–Kier alpha value is -1.14. The van der Waals surface area contributed by atoms with Gasteiger partial charge in [-0.2, -0.15) is 5.10 Å². The lowest BCUT2D eigenvalue weighted by atomic mass is 10.2. The summed E-state index contributed by atoms with van der Waals surface area (Å²) in [5.41, 5.74) is 1.75. The van der Waals surface area contributed by atoms with E-state index in [1.54, 1.807) is 11.7 Å². The van der Waals surface area contributed by atoms with Crippen molar-refractivity contribution in [2.45, 2.75) is 19.9 Å². The zero-order valence-electron chi connectivity index (χ0n) is 11.0. The average Bonchev–Trinajstić information content (AvgIpc) is 2.67. The third-order valence-electron chi connectivity index (χ3n) is 2.96. The van der Waals surface area contributed by atoms with Crippen molar-refractivity contribution < 1.29 is 8.78 Å². The maximum absolute atomic E-state index is 13.6. The molecule has 0 unspecified atom stereocenters. The molecule has 2 rings (SSSR count). The molecule has 1 aromatic heterocycles. The zero-order chi connectivity index (χ0) is 14.9. The van der Waals surface area contributed by atoms with Gasteiger partial charge in [0.1, 0.15) is 11.6 Å². The molecule has 0 fully saturated rings. The molecule has 1 heterocycles. The van der Waals surface area contributed by atoms with Crippen molar-refractivity contribution in [2.75, 3.05) is 5.32 Å². The van der Waals surface area contributed by atoms with Crippen LogP contribution in [0.4, 0.5) is 14.5 Å². The largest absolute Gasteiger partial charge is 0.377 e. The Labute approximate surface area is 129 Å². The van der Waals surface area contributed by atoms with Gasteiger partial charge in [0, 0.05) is 13.1 Å². The standard InChI is InChI=1S/C13H13BrClF2N3/c1-3-10-13(15)12(20(2)19-10)6-18-11-4-7(14)8(16)5-9(11)17/h4-5,18H,3,6H2,1-2H3. The second kappa shape index (κ2) is 6.10. The van der Waals surface area contributed by atoms with Crippen LogP contribution in [0.5, 0.6) is 0 Å². The maximum Gasteiger partial charge on any atom is 0.149 e. The quantitative estimate of drug-likeness (QED) is 0.820. The van der Waals surface area contributed by atoms with Gasteiger partial charge in [0.2, 0.25) is 0 Å². The van der Waals surface area contributed by atoms with Gasteiger partial charge in [0.05, 0.1) is 33.1 Å². The van der Waals surface area contributed by atoms with Gasteiger partial charge in [-0.15, -0.1) is 0 Å². The Morgan fingerprint density at radius 1 is 1.35 bits per heavy atom. The number of aryl methyl sites for hydroxylation is 2. The van der Waals surface area contributed by atoms with E-state index in [2.05, 4.69) is 26.3 Å². The smallest absolute Gasteiger partial charge is 0.149 e. The fraction of sp³-hybridized carbons (Fsp3) is 0.308. The molecular formula is C13H13BrClF2N3. The minimum Gasteiger partial charge on any atom is -0.377 e. The molecule has 0 spiro atoms. The van der Waals surface area contributed by atoms with Crippen molar-refractivity contribution in [3.05, 3.63) is 44.7 Å². The number of rotatable bonds is 4. The fourth-order valence-corrected chi connectivity index (χ4v) is 2.55. The number of anilines is 1. The molecule has 20 heavy (non-hydrogen) atoms. The lowest BCUT2D eigenvalue weighted by Gasteiger charge is -2.09. The second-order valence-corrected chi connectivity index (χ2v) is 5.52. The molecule has 2 aromatic rings. The molecule has 0 aliphatic carbocycles. The molecule has 0 saturated carbocycles. The van der Waals surface area contributed by atoms with Crippen LogP contribution in [0, 0.1) is 11.6 Å². The first-order valence-corrected chi connectivity index (χ1v) is 7.19. The first-order chi connectivity index (χ1) is 9.43. The summed E-state index contributed by atoms with van der Waals surface area (Å²) < 4.78 is 28.6. The SMILES string of the molecule is CCc1nn(C)c(CNc2cc(Br)c(F)cc2F)c1Cl. The van der Waals surface area contributed by atoms with Crippen LogP contribution in [-0.4, -0.2) is 9.78 Å². The third kappa shape index (κ3) is 2.96. The molecule has 7 heteroatoms. The van der Waals surface area contributed by atoms with Crippen molar-refractivity contribution in [2.24, 2.45) is 7.05 Å². The van der Waals surface area contributed by atoms with Crippen molar-refractivity contribution in [1.29, 1.82) is 0 Å². The van der Waals surface area contributed by atoms with E-state index in [4.69, 9.17) is 11.6 Å². The van der Waals surface area contributed by atoms with Gasteiger partial charge in [0.25, 0.3) is 0 Å². The lowest BCUT2D eigenvalue weighted by molar-refractivity contribution is 0.580. The van der Waals surface area contributed by atoms with Gasteiger partial charge in [0.15, 0.2) is 0 Å². The Morgan fingerprint density at radius 3 is 2.65 bits per heavy atom. The Morgan fingerprint density at radius 2 is 2.05 bits per heavy atom. The Balaban J connectivity index is 2.21. The lowest BCUT2D eigenvalue weighted by Crippen LogP contribution is -2.07. The molecule has 0 saturated heterocycles. The number of hydrogen-bond acceptors (Lipinski definition) is 2. The molecule has 0 aliphatic rings. The van der Waals surface area contributed by atoms with E-state index in [1.165, 1.54) is 6.07 Å². The van der Waals surface area contributed by atoms with E-state index in [0.29, 0.717) is 11.6 Å². The highest BCUT2D eigenvalue weighted by molar-refractivity contribution is 9.10. The number of aromatic nitrogens is 2. The number of halogens is 4. The minimum atomic E-state index is -0.653. The summed E-state index contributed by atoms with van der Waals surface area (Å²) in [6.45, 7) is 2.26. The first kappa shape index (κ1) is 15.3. The number of benzene rings is 1. The monoisotopic (exact) mass is 363 g/mol. The molecule has 0 bridgehead atoms. The Kier molecular flexibility index (Phi) is 4.65. The summed E-state index contributed by atoms with van der Waals surface area (Å²) in [5.74, 6) is -1.29. The molecule has 3 nitrogen and oxygen atoms in total. The molecule has 0 aliphatic heterocycles. The molecule has 1 aromatic carbocycles. The summed E-state index contributed by atoms with van der Waals surface area (Å²) >= 11 is 9.23. The van der Waals surface area contributed by atoms with Crippen LogP contribution in [0.25, 0.3) is 0 Å². The highest BCUT2D eigenvalue weighted by atomic mass is 79.9. The van der Waals surface area contributed by atoms with Crippen molar-refractivity contribution in [3.8, 4) is 0 Å². The summed E-state index contributed by atoms with van der Waals surface area (Å²) in [4.78, 5) is 0. The van der Waals surface area contributed by atoms with E-state index >= 15 is 0 Å². The highest BCUT2D eigenvalue weighted by Gasteiger charge is 2.14. The topological polar surface area (TPSA) is 29.9 Å². The minimum absolute atomic E-state index is 0.201. The zero-order valence-corrected chi connectivity index (χ0v) is 13.3. The van der Waals surface area contributed by atoms with E-state index in [0.717, 1.165) is 23.9 Å². The number of nitrogens with zero attached hydrogens (tertiary/aromatic N) is 2. The van der Waals surface area contributed by atoms with Crippen molar-refractivity contribution >= 4 is 33.2 Å². The van der Waals surface area contributed by atoms with Crippen LogP contribution in [0.3, 0.4) is 0 Å². The molecule has 1 N–H and O–H groups in total. The maximum atomic E-state index is 13.6. The van der Waals surface area contributed by atoms with E-state index in [-0.39, 0.29) is 10.2 Å². The summed E-state index contributed by atoms with van der Waals surface area (Å²) in [6, 6.07) is 2.18. The van der Waals surface area contributed by atoms with Gasteiger partial charge in [-0.05, 0) is 28.4 Å². The van der Waals surface area contributed by atoms with Crippen LogP contribution in [0.15, 0.2) is 16.6 Å². The fourth-order valence-electron chi connectivity index (χ4n) is 1.85. The van der Waals surface area contributed by atoms with E-state index < -0.39 is 11.6 Å². The molecule has 0 atom stereocenters. The summed E-state index contributed by atoms with van der Waals surface area (Å²) in [5, 5.41) is 7.75. The first-order valence-electron chi connectivity index (χ1n) is 6.02. The van der Waals surface area contributed by atoms with Gasteiger partial charge in [-0.3, -0.25) is 4.68 Å². The number of hydrogen-bond donors (Lipinski definition) is 1. The van der Waals surface area contributed by atoms with Gasteiger partial charge < -0.3 is 5.32 Å². The molecule has 0 radical (unpaired) electrons. The molecular weight excluding hydrogens is 352 g/mol. The van der Waals surface area contributed by atoms with Crippen LogP contribution < -0.4 is 5.32 Å². The van der Waals surface area contributed by atoms with Crippen molar-refractivity contribution in [1.82, 2.24) is 9.78 Å². The predicted octanol–water partition coefficient (Wildman–Crippen LogP) is 4.29. The van der Waals surface area contributed by atoms with Gasteiger partial charge in [-0.25, -0.2) is 8.78 Å². The van der Waals surface area contributed by atoms with E-state index in [1.807, 2.05) is 6.92 Å². The molecule has 0 amide bonds. The van der Waals surface area contributed by atoms with E-state index in [9.17, 15) is 8.78 Å².